The second-order valence-electron chi connectivity index (χ2n) is 7.75. The van der Waals surface area contributed by atoms with Gasteiger partial charge >= 0.3 is 0 Å². The summed E-state index contributed by atoms with van der Waals surface area (Å²) in [5, 5.41) is 5.75. The van der Waals surface area contributed by atoms with Crippen LogP contribution in [0.1, 0.15) is 23.6 Å². The van der Waals surface area contributed by atoms with Crippen LogP contribution in [0.5, 0.6) is 11.6 Å². The van der Waals surface area contributed by atoms with E-state index in [0.29, 0.717) is 37.0 Å². The lowest BCUT2D eigenvalue weighted by molar-refractivity contribution is -0.118. The number of ether oxygens (including phenoxy) is 2. The third-order valence-corrected chi connectivity index (χ3v) is 6.12. The van der Waals surface area contributed by atoms with Crippen molar-refractivity contribution in [2.24, 2.45) is 5.16 Å². The largest absolute Gasteiger partial charge is 0.490 e. The molecule has 1 unspecified atom stereocenters. The molecule has 1 fully saturated rings. The molecule has 35 heavy (non-hydrogen) atoms. The lowest BCUT2D eigenvalue weighted by atomic mass is 10.1. The molecule has 9 heteroatoms. The first kappa shape index (κ1) is 24.3. The Kier molecular flexibility index (Phi) is 8.34. The number of thioether (sulfide) groups is 1. The molecule has 8 nitrogen and oxygen atoms in total. The summed E-state index contributed by atoms with van der Waals surface area (Å²) in [6, 6.07) is 21.0. The number of rotatable bonds is 11. The van der Waals surface area contributed by atoms with E-state index in [1.165, 1.54) is 0 Å². The van der Waals surface area contributed by atoms with Gasteiger partial charge in [0.2, 0.25) is 11.8 Å². The molecule has 1 aliphatic rings. The van der Waals surface area contributed by atoms with Crippen LogP contribution in [-0.4, -0.2) is 40.3 Å². The Labute approximate surface area is 207 Å². The molecule has 0 spiro atoms. The lowest BCUT2D eigenvalue weighted by Gasteiger charge is -2.09. The molecule has 2 aromatic carbocycles. The number of nitrogens with one attached hydrogen (secondary N) is 1. The van der Waals surface area contributed by atoms with Crippen molar-refractivity contribution in [1.29, 1.82) is 0 Å². The van der Waals surface area contributed by atoms with Gasteiger partial charge in [-0.25, -0.2) is 4.98 Å². The van der Waals surface area contributed by atoms with Crippen LogP contribution in [0.15, 0.2) is 78.1 Å². The van der Waals surface area contributed by atoms with Crippen molar-refractivity contribution in [3.05, 3.63) is 89.6 Å². The molecule has 1 aliphatic heterocycles. The molecule has 4 rings (SSSR count). The van der Waals surface area contributed by atoms with Gasteiger partial charge in [-0.1, -0.05) is 59.4 Å². The van der Waals surface area contributed by atoms with Crippen molar-refractivity contribution >= 4 is 28.6 Å². The fourth-order valence-corrected chi connectivity index (χ4v) is 4.13. The Hall–Kier alpha value is -3.85. The van der Waals surface area contributed by atoms with Gasteiger partial charge in [0.15, 0.2) is 6.61 Å². The SMILES string of the molecule is C/C(=N/OCCOc1ccc(CC2SC(=O)NC2=O)cc1)c1ccc(OCc2ccccc2)nc1. The van der Waals surface area contributed by atoms with Crippen molar-refractivity contribution in [3.8, 4) is 11.6 Å². The first-order chi connectivity index (χ1) is 17.1. The average molecular weight is 492 g/mol. The molecule has 3 aromatic rings. The van der Waals surface area contributed by atoms with Crippen LogP contribution in [0.25, 0.3) is 0 Å². The van der Waals surface area contributed by atoms with E-state index in [1.807, 2.05) is 67.6 Å². The summed E-state index contributed by atoms with van der Waals surface area (Å²) in [5.74, 6) is 0.994. The second-order valence-corrected chi connectivity index (χ2v) is 8.92. The Morgan fingerprint density at radius 3 is 2.46 bits per heavy atom. The number of benzene rings is 2. The molecular weight excluding hydrogens is 466 g/mol. The van der Waals surface area contributed by atoms with E-state index in [0.717, 1.165) is 28.5 Å². The van der Waals surface area contributed by atoms with E-state index in [9.17, 15) is 9.59 Å². The molecule has 1 aromatic heterocycles. The summed E-state index contributed by atoms with van der Waals surface area (Å²) in [6.45, 7) is 2.92. The van der Waals surface area contributed by atoms with E-state index in [-0.39, 0.29) is 23.0 Å². The standard InChI is InChI=1S/C26H25N3O5S/c1-18(21-9-12-24(27-16-21)33-17-20-5-3-2-4-6-20)29-34-14-13-32-22-10-7-19(8-11-22)15-23-25(30)28-26(31)35-23/h2-12,16,23H,13-15,17H2,1H3,(H,28,30,31)/b29-18-. The minimum absolute atomic E-state index is 0.239. The van der Waals surface area contributed by atoms with E-state index >= 15 is 0 Å². The van der Waals surface area contributed by atoms with Crippen LogP contribution in [0.3, 0.4) is 0 Å². The number of imide groups is 1. The zero-order chi connectivity index (χ0) is 24.5. The van der Waals surface area contributed by atoms with Crippen LogP contribution in [0.4, 0.5) is 4.79 Å². The monoisotopic (exact) mass is 491 g/mol. The van der Waals surface area contributed by atoms with Gasteiger partial charge in [0, 0.05) is 17.8 Å². The van der Waals surface area contributed by atoms with Gasteiger partial charge in [0.25, 0.3) is 5.24 Å². The van der Waals surface area contributed by atoms with Gasteiger partial charge < -0.3 is 14.3 Å². The minimum Gasteiger partial charge on any atom is -0.490 e. The van der Waals surface area contributed by atoms with Gasteiger partial charge in [-0.15, -0.1) is 0 Å². The number of amides is 2. The van der Waals surface area contributed by atoms with E-state index in [1.54, 1.807) is 12.3 Å². The molecule has 0 bridgehead atoms. The predicted molar refractivity (Wildman–Crippen MR) is 134 cm³/mol. The molecule has 180 valence electrons. The summed E-state index contributed by atoms with van der Waals surface area (Å²) in [7, 11) is 0. The number of pyridine rings is 1. The van der Waals surface area contributed by atoms with Gasteiger partial charge in [-0.3, -0.25) is 14.9 Å². The normalized spacial score (nSPS) is 15.6. The third-order valence-electron chi connectivity index (χ3n) is 5.14. The van der Waals surface area contributed by atoms with Crippen molar-refractivity contribution < 1.29 is 23.9 Å². The third kappa shape index (κ3) is 7.31. The molecule has 1 saturated heterocycles. The van der Waals surface area contributed by atoms with E-state index < -0.39 is 0 Å². The van der Waals surface area contributed by atoms with Crippen LogP contribution < -0.4 is 14.8 Å². The van der Waals surface area contributed by atoms with Gasteiger partial charge in [0.05, 0.1) is 11.0 Å². The maximum Gasteiger partial charge on any atom is 0.286 e. The summed E-state index contributed by atoms with van der Waals surface area (Å²) in [6.07, 6.45) is 2.19. The Balaban J connectivity index is 1.16. The van der Waals surface area contributed by atoms with Crippen LogP contribution >= 0.6 is 11.8 Å². The summed E-state index contributed by atoms with van der Waals surface area (Å²) in [4.78, 5) is 32.6. The molecule has 0 saturated carbocycles. The zero-order valence-electron chi connectivity index (χ0n) is 19.2. The zero-order valence-corrected chi connectivity index (χ0v) is 20.0. The number of hydrogen-bond donors (Lipinski definition) is 1. The number of hydrogen-bond acceptors (Lipinski definition) is 8. The first-order valence-electron chi connectivity index (χ1n) is 11.1. The highest BCUT2D eigenvalue weighted by Crippen LogP contribution is 2.23. The van der Waals surface area contributed by atoms with Crippen molar-refractivity contribution in [1.82, 2.24) is 10.3 Å². The fraction of sp³-hybridized carbons (Fsp3) is 0.231. The average Bonchev–Trinajstić information content (AvgIpc) is 3.20. The van der Waals surface area contributed by atoms with Crippen molar-refractivity contribution in [2.45, 2.75) is 25.2 Å². The Bertz CT molecular complexity index is 1170. The van der Waals surface area contributed by atoms with Crippen LogP contribution in [-0.2, 0) is 22.7 Å². The molecular formula is C26H25N3O5S. The summed E-state index contributed by atoms with van der Waals surface area (Å²) in [5.41, 5.74) is 3.58. The molecule has 1 atom stereocenters. The molecule has 0 aliphatic carbocycles. The smallest absolute Gasteiger partial charge is 0.286 e. The van der Waals surface area contributed by atoms with Gasteiger partial charge in [0.1, 0.15) is 19.0 Å². The molecule has 0 radical (unpaired) electrons. The quantitative estimate of drug-likeness (QED) is 0.241. The Morgan fingerprint density at radius 1 is 0.971 bits per heavy atom. The highest BCUT2D eigenvalue weighted by molar-refractivity contribution is 8.15. The highest BCUT2D eigenvalue weighted by atomic mass is 32.2. The fourth-order valence-electron chi connectivity index (χ4n) is 3.27. The number of nitrogens with zero attached hydrogens (tertiary/aromatic N) is 2. The minimum atomic E-state index is -0.378. The maximum absolute atomic E-state index is 11.7. The van der Waals surface area contributed by atoms with Crippen LogP contribution in [0, 0.1) is 0 Å². The summed E-state index contributed by atoms with van der Waals surface area (Å²) >= 11 is 1.02. The molecule has 2 heterocycles. The number of carbonyl (C=O) groups excluding carboxylic acids is 2. The summed E-state index contributed by atoms with van der Waals surface area (Å²) < 4.78 is 11.4. The number of aromatic nitrogens is 1. The topological polar surface area (TPSA) is 99.1 Å². The maximum atomic E-state index is 11.7. The molecule has 2 amide bonds. The lowest BCUT2D eigenvalue weighted by Crippen LogP contribution is -2.25. The van der Waals surface area contributed by atoms with E-state index in [4.69, 9.17) is 14.3 Å². The second kappa shape index (κ2) is 12.0. The highest BCUT2D eigenvalue weighted by Gasteiger charge is 2.31. The van der Waals surface area contributed by atoms with Gasteiger partial charge in [-0.05, 0) is 42.7 Å². The number of oxime groups is 1. The predicted octanol–water partition coefficient (Wildman–Crippen LogP) is 4.37. The van der Waals surface area contributed by atoms with E-state index in [2.05, 4.69) is 15.5 Å². The van der Waals surface area contributed by atoms with Crippen molar-refractivity contribution in [3.63, 3.8) is 0 Å². The molecule has 1 N–H and O–H groups in total. The van der Waals surface area contributed by atoms with Crippen LogP contribution in [0.2, 0.25) is 0 Å². The van der Waals surface area contributed by atoms with Crippen molar-refractivity contribution in [2.75, 3.05) is 13.2 Å². The number of carbonyl (C=O) groups is 2. The van der Waals surface area contributed by atoms with Gasteiger partial charge in [-0.2, -0.15) is 0 Å². The Morgan fingerprint density at radius 2 is 1.77 bits per heavy atom. The first-order valence-corrected chi connectivity index (χ1v) is 12.0.